The van der Waals surface area contributed by atoms with Crippen molar-refractivity contribution < 1.29 is 17.7 Å². The number of hydrogen-bond donors (Lipinski definition) is 0. The first kappa shape index (κ1) is 15.7. The Morgan fingerprint density at radius 3 is 2.61 bits per heavy atom. The maximum Gasteiger partial charge on any atom is 0.435 e. The molecule has 124 valence electrons. The molecule has 1 aliphatic rings. The van der Waals surface area contributed by atoms with Gasteiger partial charge in [0, 0.05) is 13.5 Å². The van der Waals surface area contributed by atoms with Crippen molar-refractivity contribution in [2.24, 2.45) is 0 Å². The molecule has 1 saturated heterocycles. The van der Waals surface area contributed by atoms with Crippen LogP contribution < -0.4 is 4.90 Å². The van der Waals surface area contributed by atoms with Crippen LogP contribution in [0.4, 0.5) is 19.0 Å². The fourth-order valence-electron chi connectivity index (χ4n) is 2.73. The van der Waals surface area contributed by atoms with E-state index >= 15 is 0 Å². The van der Waals surface area contributed by atoms with Crippen molar-refractivity contribution in [1.29, 1.82) is 0 Å². The van der Waals surface area contributed by atoms with Gasteiger partial charge in [-0.1, -0.05) is 18.0 Å². The van der Waals surface area contributed by atoms with Crippen LogP contribution in [0.15, 0.2) is 16.7 Å². The summed E-state index contributed by atoms with van der Waals surface area (Å²) in [6.45, 7) is 2.37. The Bertz CT molecular complexity index is 655. The zero-order valence-electron chi connectivity index (χ0n) is 12.5. The predicted molar refractivity (Wildman–Crippen MR) is 74.6 cm³/mol. The van der Waals surface area contributed by atoms with Crippen molar-refractivity contribution in [3.05, 3.63) is 29.5 Å². The van der Waals surface area contributed by atoms with Crippen LogP contribution in [0.5, 0.6) is 0 Å². The van der Waals surface area contributed by atoms with Crippen LogP contribution in [0, 0.1) is 6.92 Å². The van der Waals surface area contributed by atoms with Gasteiger partial charge in [-0.25, -0.2) is 0 Å². The number of halogens is 3. The Balaban J connectivity index is 1.90. The molecule has 1 fully saturated rings. The van der Waals surface area contributed by atoms with E-state index < -0.39 is 11.9 Å². The average molecular weight is 327 g/mol. The molecule has 0 amide bonds. The lowest BCUT2D eigenvalue weighted by Gasteiger charge is -2.28. The summed E-state index contributed by atoms with van der Waals surface area (Å²) >= 11 is 0. The number of alkyl halides is 3. The van der Waals surface area contributed by atoms with E-state index in [9.17, 15) is 13.2 Å². The van der Waals surface area contributed by atoms with Crippen LogP contribution in [0.2, 0.25) is 0 Å². The molecule has 3 rings (SSSR count). The van der Waals surface area contributed by atoms with Gasteiger partial charge in [-0.15, -0.1) is 10.2 Å². The summed E-state index contributed by atoms with van der Waals surface area (Å²) in [5.41, 5.74) is -0.997. The van der Waals surface area contributed by atoms with Crippen LogP contribution in [-0.2, 0) is 6.18 Å². The van der Waals surface area contributed by atoms with Gasteiger partial charge in [-0.2, -0.15) is 18.2 Å². The van der Waals surface area contributed by atoms with Gasteiger partial charge < -0.3 is 9.42 Å². The molecular weight excluding hydrogens is 311 g/mol. The molecule has 0 radical (unpaired) electrons. The van der Waals surface area contributed by atoms with E-state index in [1.807, 2.05) is 4.90 Å². The quantitative estimate of drug-likeness (QED) is 0.843. The second-order valence-electron chi connectivity index (χ2n) is 5.50. The Labute approximate surface area is 130 Å². The maximum absolute atomic E-state index is 12.6. The predicted octanol–water partition coefficient (Wildman–Crippen LogP) is 3.31. The van der Waals surface area contributed by atoms with Crippen LogP contribution in [0.25, 0.3) is 0 Å². The summed E-state index contributed by atoms with van der Waals surface area (Å²) in [6.07, 6.45) is -0.743. The van der Waals surface area contributed by atoms with Gasteiger partial charge in [0.25, 0.3) is 0 Å². The minimum atomic E-state index is -4.49. The zero-order chi connectivity index (χ0) is 16.4. The molecule has 23 heavy (non-hydrogen) atoms. The molecular formula is C14H16F3N5O. The number of hydrogen-bond acceptors (Lipinski definition) is 6. The number of anilines is 1. The lowest BCUT2D eigenvalue weighted by Crippen LogP contribution is -2.30. The molecule has 2 aromatic rings. The van der Waals surface area contributed by atoms with Gasteiger partial charge in [-0.05, 0) is 25.0 Å². The molecule has 9 heteroatoms. The minimum absolute atomic E-state index is 0.166. The summed E-state index contributed by atoms with van der Waals surface area (Å²) in [4.78, 5) is 6.17. The fourth-order valence-corrected chi connectivity index (χ4v) is 2.73. The summed E-state index contributed by atoms with van der Waals surface area (Å²) in [7, 11) is 0. The molecule has 1 atom stereocenters. The van der Waals surface area contributed by atoms with Gasteiger partial charge >= 0.3 is 6.18 Å². The van der Waals surface area contributed by atoms with E-state index in [-0.39, 0.29) is 6.04 Å². The molecule has 0 aromatic carbocycles. The highest BCUT2D eigenvalue weighted by atomic mass is 19.4. The van der Waals surface area contributed by atoms with E-state index in [2.05, 4.69) is 20.3 Å². The van der Waals surface area contributed by atoms with Crippen molar-refractivity contribution in [1.82, 2.24) is 20.3 Å². The second kappa shape index (κ2) is 6.13. The molecule has 1 aliphatic heterocycles. The highest BCUT2D eigenvalue weighted by molar-refractivity contribution is 5.40. The number of aryl methyl sites for hydroxylation is 1. The van der Waals surface area contributed by atoms with Gasteiger partial charge in [0.05, 0.1) is 6.04 Å². The van der Waals surface area contributed by atoms with E-state index in [4.69, 9.17) is 4.52 Å². The van der Waals surface area contributed by atoms with Gasteiger partial charge in [-0.3, -0.25) is 0 Å². The third kappa shape index (κ3) is 3.43. The second-order valence-corrected chi connectivity index (χ2v) is 5.50. The summed E-state index contributed by atoms with van der Waals surface area (Å²) in [6, 6.07) is 2.13. The molecule has 3 heterocycles. The fraction of sp³-hybridized carbons (Fsp3) is 0.571. The lowest BCUT2D eigenvalue weighted by atomic mass is 10.1. The molecule has 0 N–H and O–H groups in total. The third-order valence-corrected chi connectivity index (χ3v) is 3.83. The van der Waals surface area contributed by atoms with Crippen molar-refractivity contribution in [3.63, 3.8) is 0 Å². The van der Waals surface area contributed by atoms with Crippen LogP contribution in [-0.4, -0.2) is 26.9 Å². The number of nitrogens with zero attached hydrogens (tertiary/aromatic N) is 5. The van der Waals surface area contributed by atoms with Gasteiger partial charge in [0.1, 0.15) is 0 Å². The number of aromatic nitrogens is 4. The molecule has 0 saturated carbocycles. The SMILES string of the molecule is Cc1nc([C@@H]2CCCCCN2c2ccc(C(F)(F)F)nn2)no1. The highest BCUT2D eigenvalue weighted by Crippen LogP contribution is 2.33. The largest absolute Gasteiger partial charge is 0.435 e. The van der Waals surface area contributed by atoms with E-state index in [1.165, 1.54) is 6.07 Å². The molecule has 0 aliphatic carbocycles. The maximum atomic E-state index is 12.6. The average Bonchev–Trinajstić information content (AvgIpc) is 2.80. The lowest BCUT2D eigenvalue weighted by molar-refractivity contribution is -0.141. The Morgan fingerprint density at radius 1 is 1.17 bits per heavy atom. The minimum Gasteiger partial charge on any atom is -0.345 e. The Morgan fingerprint density at radius 2 is 2.00 bits per heavy atom. The van der Waals surface area contributed by atoms with E-state index in [1.54, 1.807) is 6.92 Å². The first-order valence-corrected chi connectivity index (χ1v) is 7.43. The van der Waals surface area contributed by atoms with Crippen molar-refractivity contribution in [2.45, 2.75) is 44.8 Å². The standard InChI is InChI=1S/C14H16F3N5O/c1-9-18-13(21-23-9)10-5-3-2-4-8-22(10)12-7-6-11(19-20-12)14(15,16)17/h6-7,10H,2-5,8H2,1H3/t10-/m0/s1. The zero-order valence-corrected chi connectivity index (χ0v) is 12.5. The van der Waals surface area contributed by atoms with Gasteiger partial charge in [0.15, 0.2) is 17.3 Å². The summed E-state index contributed by atoms with van der Waals surface area (Å²) in [5, 5.41) is 11.0. The Hall–Kier alpha value is -2.19. The van der Waals surface area contributed by atoms with E-state index in [0.717, 1.165) is 31.7 Å². The summed E-state index contributed by atoms with van der Waals surface area (Å²) in [5.74, 6) is 1.39. The number of rotatable bonds is 2. The topological polar surface area (TPSA) is 67.9 Å². The van der Waals surface area contributed by atoms with E-state index in [0.29, 0.717) is 24.1 Å². The highest BCUT2D eigenvalue weighted by Gasteiger charge is 2.34. The van der Waals surface area contributed by atoms with Crippen molar-refractivity contribution in [3.8, 4) is 0 Å². The molecule has 0 unspecified atom stereocenters. The van der Waals surface area contributed by atoms with Crippen LogP contribution >= 0.6 is 0 Å². The Kier molecular flexibility index (Phi) is 4.18. The molecule has 0 bridgehead atoms. The van der Waals surface area contributed by atoms with Gasteiger partial charge in [0.2, 0.25) is 5.89 Å². The smallest absolute Gasteiger partial charge is 0.345 e. The normalized spacial score (nSPS) is 19.7. The first-order chi connectivity index (χ1) is 10.9. The van der Waals surface area contributed by atoms with Crippen molar-refractivity contribution in [2.75, 3.05) is 11.4 Å². The molecule has 0 spiro atoms. The van der Waals surface area contributed by atoms with Crippen LogP contribution in [0.1, 0.15) is 49.1 Å². The third-order valence-electron chi connectivity index (χ3n) is 3.83. The summed E-state index contributed by atoms with van der Waals surface area (Å²) < 4.78 is 42.9. The first-order valence-electron chi connectivity index (χ1n) is 7.43. The van der Waals surface area contributed by atoms with Crippen molar-refractivity contribution >= 4 is 5.82 Å². The molecule has 2 aromatic heterocycles. The van der Waals surface area contributed by atoms with Crippen LogP contribution in [0.3, 0.4) is 0 Å². The monoisotopic (exact) mass is 327 g/mol. The molecule has 6 nitrogen and oxygen atoms in total.